The number of methoxy groups -OCH3 is 1. The fourth-order valence-corrected chi connectivity index (χ4v) is 4.05. The van der Waals surface area contributed by atoms with E-state index in [1.165, 1.54) is 0 Å². The van der Waals surface area contributed by atoms with Crippen molar-refractivity contribution < 1.29 is 46.1 Å². The van der Waals surface area contributed by atoms with Gasteiger partial charge in [-0.25, -0.2) is 13.8 Å². The first-order valence-corrected chi connectivity index (χ1v) is 10.8. The summed E-state index contributed by atoms with van der Waals surface area (Å²) in [7, 11) is 1.16. The third kappa shape index (κ3) is 5.37. The van der Waals surface area contributed by atoms with Gasteiger partial charge in [0, 0.05) is 20.4 Å². The summed E-state index contributed by atoms with van der Waals surface area (Å²) in [5.74, 6) is -2.35. The average molecular weight is 523 g/mol. The summed E-state index contributed by atoms with van der Waals surface area (Å²) in [5.41, 5.74) is 4.02. The molecule has 2 N–H and O–H groups in total. The highest BCUT2D eigenvalue weighted by atomic mass is 19.4. The van der Waals surface area contributed by atoms with Crippen molar-refractivity contribution in [2.75, 3.05) is 12.8 Å². The number of fused-ring (bicyclic) bond motifs is 1. The number of aryl methyl sites for hydroxylation is 1. The van der Waals surface area contributed by atoms with Crippen molar-refractivity contribution in [1.82, 2.24) is 19.1 Å². The van der Waals surface area contributed by atoms with Crippen LogP contribution >= 0.6 is 0 Å². The summed E-state index contributed by atoms with van der Waals surface area (Å²) in [4.78, 5) is 44.4. The predicted molar refractivity (Wildman–Crippen MR) is 114 cm³/mol. The highest BCUT2D eigenvalue weighted by molar-refractivity contribution is 5.78. The first-order chi connectivity index (χ1) is 16.8. The van der Waals surface area contributed by atoms with Crippen LogP contribution in [0.3, 0.4) is 0 Å². The van der Waals surface area contributed by atoms with Gasteiger partial charge in [0.15, 0.2) is 29.7 Å². The van der Waals surface area contributed by atoms with E-state index in [0.717, 1.165) is 25.5 Å². The molecule has 0 aromatic carbocycles. The van der Waals surface area contributed by atoms with Crippen LogP contribution in [0.4, 0.5) is 23.5 Å². The second kappa shape index (κ2) is 10.3. The lowest BCUT2D eigenvalue weighted by atomic mass is 10.0. The maximum Gasteiger partial charge on any atom is 0.390 e. The number of rotatable bonds is 8. The predicted octanol–water partition coefficient (Wildman–Crippen LogP) is 1.65. The minimum atomic E-state index is -4.62. The molecule has 36 heavy (non-hydrogen) atoms. The zero-order chi connectivity index (χ0) is 26.9. The molecule has 1 unspecified atom stereocenters. The van der Waals surface area contributed by atoms with Crippen LogP contribution in [-0.4, -0.2) is 68.8 Å². The van der Waals surface area contributed by atoms with Crippen LogP contribution in [0.5, 0.6) is 5.88 Å². The summed E-state index contributed by atoms with van der Waals surface area (Å²) >= 11 is 0. The summed E-state index contributed by atoms with van der Waals surface area (Å²) in [6.45, 7) is 2.84. The molecule has 2 aromatic rings. The number of nitrogen functional groups attached to an aromatic ring is 1. The van der Waals surface area contributed by atoms with Crippen molar-refractivity contribution in [1.29, 1.82) is 0 Å². The highest BCUT2D eigenvalue weighted by Gasteiger charge is 2.53. The first-order valence-electron chi connectivity index (χ1n) is 10.8. The van der Waals surface area contributed by atoms with Crippen molar-refractivity contribution in [2.45, 2.75) is 77.0 Å². The van der Waals surface area contributed by atoms with Crippen LogP contribution in [0.1, 0.15) is 39.8 Å². The second-order valence-electron chi connectivity index (χ2n) is 8.00. The quantitative estimate of drug-likeness (QED) is 0.400. The van der Waals surface area contributed by atoms with E-state index >= 15 is 4.39 Å². The van der Waals surface area contributed by atoms with Gasteiger partial charge in [-0.05, 0) is 6.42 Å². The molecule has 12 nitrogen and oxygen atoms in total. The number of alkyl halides is 4. The van der Waals surface area contributed by atoms with E-state index in [4.69, 9.17) is 24.7 Å². The smallest absolute Gasteiger partial charge is 0.390 e. The topological polar surface area (TPSA) is 150 Å². The second-order valence-corrected chi connectivity index (χ2v) is 8.00. The van der Waals surface area contributed by atoms with Gasteiger partial charge >= 0.3 is 23.8 Å². The van der Waals surface area contributed by atoms with E-state index < -0.39 is 73.4 Å². The number of esters is 2. The average Bonchev–Trinajstić information content (AvgIpc) is 3.22. The van der Waals surface area contributed by atoms with Gasteiger partial charge in [-0.1, -0.05) is 6.92 Å². The normalized spacial score (nSPS) is 23.0. The van der Waals surface area contributed by atoms with Crippen LogP contribution in [-0.2, 0) is 30.3 Å². The van der Waals surface area contributed by atoms with Gasteiger partial charge in [0.05, 0.1) is 13.5 Å². The number of halogens is 4. The van der Waals surface area contributed by atoms with Crippen LogP contribution in [0, 0.1) is 0 Å². The molecule has 5 atom stereocenters. The monoisotopic (exact) mass is 523 g/mol. The molecule has 0 radical (unpaired) electrons. The molecule has 1 aliphatic rings. The van der Waals surface area contributed by atoms with Gasteiger partial charge in [0.1, 0.15) is 12.2 Å². The third-order valence-electron chi connectivity index (χ3n) is 5.45. The number of anilines is 1. The lowest BCUT2D eigenvalue weighted by Gasteiger charge is -2.23. The number of ether oxygens (including phenoxy) is 4. The van der Waals surface area contributed by atoms with Gasteiger partial charge in [0.25, 0.3) is 0 Å². The van der Waals surface area contributed by atoms with E-state index in [1.807, 2.05) is 0 Å². The molecule has 1 aliphatic heterocycles. The fraction of sp³-hybridized carbons (Fsp3) is 0.650. The Morgan fingerprint density at radius 1 is 1.22 bits per heavy atom. The third-order valence-corrected chi connectivity index (χ3v) is 5.45. The Hall–Kier alpha value is -3.43. The Kier molecular flexibility index (Phi) is 7.76. The number of carbonyl (C=O) groups excluding carboxylic acids is 2. The number of carbonyl (C=O) groups is 2. The largest absolute Gasteiger partial charge is 0.479 e. The number of imidazole rings is 1. The van der Waals surface area contributed by atoms with E-state index in [1.54, 1.807) is 6.92 Å². The minimum Gasteiger partial charge on any atom is -0.479 e. The lowest BCUT2D eigenvalue weighted by Crippen LogP contribution is -2.40. The standard InChI is InChI=1S/C20H25F4N5O7/c1-5-10(34-8(2)30)13-11(21)14(35-9(3)31)17(36-13)29-15-12(16(33-4)27-18(25)26-15)28(19(29)32)7-6-20(22,23)24/h10-11,13-14,17H,5-7H2,1-4H3,(H2,25,26,27)/t10?,11-,13+,14+,17+/m0/s1. The van der Waals surface area contributed by atoms with E-state index in [2.05, 4.69) is 9.97 Å². The van der Waals surface area contributed by atoms with Crippen LogP contribution in [0.15, 0.2) is 4.79 Å². The molecule has 1 fully saturated rings. The van der Waals surface area contributed by atoms with Crippen LogP contribution in [0.25, 0.3) is 11.2 Å². The van der Waals surface area contributed by atoms with Crippen LogP contribution in [0.2, 0.25) is 0 Å². The van der Waals surface area contributed by atoms with Crippen molar-refractivity contribution in [3.05, 3.63) is 10.5 Å². The molecule has 0 bridgehead atoms. The maximum absolute atomic E-state index is 15.6. The Morgan fingerprint density at radius 2 is 1.89 bits per heavy atom. The van der Waals surface area contributed by atoms with Gasteiger partial charge in [0.2, 0.25) is 11.8 Å². The SMILES string of the molecule is CCC(OC(C)=O)[C@H]1O[C@@H](n2c(=O)n(CCC(F)(F)F)c3c(OC)nc(N)nc32)[C@H](OC(C)=O)[C@H]1F. The van der Waals surface area contributed by atoms with Crippen molar-refractivity contribution >= 4 is 29.1 Å². The Morgan fingerprint density at radius 3 is 2.42 bits per heavy atom. The molecule has 200 valence electrons. The van der Waals surface area contributed by atoms with E-state index in [9.17, 15) is 27.6 Å². The molecule has 1 saturated heterocycles. The zero-order valence-electron chi connectivity index (χ0n) is 19.7. The summed E-state index contributed by atoms with van der Waals surface area (Å²) in [6.07, 6.45) is -14.0. The molecule has 0 saturated carbocycles. The number of nitrogens with zero attached hydrogens (tertiary/aromatic N) is 4. The van der Waals surface area contributed by atoms with Crippen molar-refractivity contribution in [2.24, 2.45) is 0 Å². The summed E-state index contributed by atoms with van der Waals surface area (Å²) < 4.78 is 77.0. The number of aromatic nitrogens is 4. The highest BCUT2D eigenvalue weighted by Crippen LogP contribution is 2.38. The number of nitrogens with two attached hydrogens (primary N) is 1. The van der Waals surface area contributed by atoms with E-state index in [-0.39, 0.29) is 23.5 Å². The molecule has 2 aromatic heterocycles. The minimum absolute atomic E-state index is 0.107. The summed E-state index contributed by atoms with van der Waals surface area (Å²) in [5, 5.41) is 0. The van der Waals surface area contributed by atoms with Gasteiger partial charge in [-0.3, -0.25) is 14.2 Å². The van der Waals surface area contributed by atoms with Crippen molar-refractivity contribution in [3.63, 3.8) is 0 Å². The molecule has 0 aliphatic carbocycles. The van der Waals surface area contributed by atoms with Crippen LogP contribution < -0.4 is 16.2 Å². The molecular weight excluding hydrogens is 498 g/mol. The lowest BCUT2D eigenvalue weighted by molar-refractivity contribution is -0.159. The van der Waals surface area contributed by atoms with Gasteiger partial charge in [-0.2, -0.15) is 23.1 Å². The first kappa shape index (κ1) is 27.2. The maximum atomic E-state index is 15.6. The molecule has 0 amide bonds. The Bertz CT molecular complexity index is 1200. The molecule has 3 heterocycles. The Labute approximate surface area is 201 Å². The van der Waals surface area contributed by atoms with E-state index in [0.29, 0.717) is 4.57 Å². The molecule has 0 spiro atoms. The number of hydrogen-bond donors (Lipinski definition) is 1. The zero-order valence-corrected chi connectivity index (χ0v) is 19.7. The van der Waals surface area contributed by atoms with Gasteiger partial charge in [-0.15, -0.1) is 0 Å². The van der Waals surface area contributed by atoms with Crippen molar-refractivity contribution in [3.8, 4) is 5.88 Å². The van der Waals surface area contributed by atoms with Gasteiger partial charge < -0.3 is 24.7 Å². The fourth-order valence-electron chi connectivity index (χ4n) is 4.05. The molecular formula is C20H25F4N5O7. The summed E-state index contributed by atoms with van der Waals surface area (Å²) in [6, 6.07) is 0. The number of hydrogen-bond acceptors (Lipinski definition) is 10. The molecule has 3 rings (SSSR count). The Balaban J connectivity index is 2.22. The molecule has 16 heteroatoms.